The molecular formula is C16H33N3. The molecule has 3 nitrogen and oxygen atoms in total. The Balaban J connectivity index is 2.01. The van der Waals surface area contributed by atoms with Crippen molar-refractivity contribution in [3.8, 4) is 0 Å². The van der Waals surface area contributed by atoms with Crippen LogP contribution in [0.5, 0.6) is 0 Å². The summed E-state index contributed by atoms with van der Waals surface area (Å²) in [6.07, 6.45) is 9.82. The molecule has 2 N–H and O–H groups in total. The van der Waals surface area contributed by atoms with Gasteiger partial charge in [0, 0.05) is 31.7 Å². The van der Waals surface area contributed by atoms with E-state index in [1.165, 1.54) is 64.6 Å². The van der Waals surface area contributed by atoms with Crippen LogP contribution < -0.4 is 5.73 Å². The molecule has 0 spiro atoms. The molecule has 1 aliphatic carbocycles. The second-order valence-corrected chi connectivity index (χ2v) is 6.76. The average Bonchev–Trinajstić information content (AvgIpc) is 2.73. The molecule has 0 aromatic heterocycles. The van der Waals surface area contributed by atoms with E-state index in [9.17, 15) is 0 Å². The highest BCUT2D eigenvalue weighted by molar-refractivity contribution is 4.87. The van der Waals surface area contributed by atoms with E-state index in [0.29, 0.717) is 12.1 Å². The van der Waals surface area contributed by atoms with Crippen LogP contribution in [0.3, 0.4) is 0 Å². The normalized spacial score (nSPS) is 30.8. The first-order chi connectivity index (χ1) is 9.22. The maximum atomic E-state index is 6.18. The molecule has 1 saturated carbocycles. The van der Waals surface area contributed by atoms with Crippen LogP contribution in [0.15, 0.2) is 0 Å². The van der Waals surface area contributed by atoms with E-state index in [-0.39, 0.29) is 0 Å². The van der Waals surface area contributed by atoms with Crippen LogP contribution in [0, 0.1) is 5.92 Å². The van der Waals surface area contributed by atoms with E-state index in [4.69, 9.17) is 5.73 Å². The van der Waals surface area contributed by atoms with Gasteiger partial charge in [-0.25, -0.2) is 0 Å². The minimum atomic E-state index is 0.625. The zero-order chi connectivity index (χ0) is 13.7. The number of nitrogens with zero attached hydrogens (tertiary/aromatic N) is 2. The van der Waals surface area contributed by atoms with Crippen molar-refractivity contribution in [3.05, 3.63) is 0 Å². The Kier molecular flexibility index (Phi) is 6.11. The van der Waals surface area contributed by atoms with Crippen LogP contribution in [0.25, 0.3) is 0 Å². The monoisotopic (exact) mass is 267 g/mol. The summed E-state index contributed by atoms with van der Waals surface area (Å²) in [6.45, 7) is 6.91. The van der Waals surface area contributed by atoms with Gasteiger partial charge in [-0.1, -0.05) is 25.7 Å². The summed E-state index contributed by atoms with van der Waals surface area (Å²) in [7, 11) is 2.25. The van der Waals surface area contributed by atoms with Gasteiger partial charge in [0.05, 0.1) is 0 Å². The van der Waals surface area contributed by atoms with Crippen LogP contribution in [0.4, 0.5) is 0 Å². The van der Waals surface area contributed by atoms with Crippen LogP contribution in [-0.2, 0) is 0 Å². The summed E-state index contributed by atoms with van der Waals surface area (Å²) in [4.78, 5) is 5.21. The molecule has 112 valence electrons. The Morgan fingerprint density at radius 1 is 1.05 bits per heavy atom. The average molecular weight is 267 g/mol. The SMILES string of the molecule is CC1CN(C)CCCN1C(CN)C1CCCCCC1. The summed E-state index contributed by atoms with van der Waals surface area (Å²) in [5.74, 6) is 0.846. The minimum absolute atomic E-state index is 0.625. The molecule has 2 unspecified atom stereocenters. The molecule has 0 amide bonds. The van der Waals surface area contributed by atoms with Crippen molar-refractivity contribution in [1.82, 2.24) is 9.80 Å². The maximum absolute atomic E-state index is 6.18. The van der Waals surface area contributed by atoms with Gasteiger partial charge in [-0.05, 0) is 45.7 Å². The topological polar surface area (TPSA) is 32.5 Å². The lowest BCUT2D eigenvalue weighted by molar-refractivity contribution is 0.0970. The van der Waals surface area contributed by atoms with Crippen molar-refractivity contribution in [1.29, 1.82) is 0 Å². The van der Waals surface area contributed by atoms with Gasteiger partial charge in [0.1, 0.15) is 0 Å². The highest BCUT2D eigenvalue weighted by Crippen LogP contribution is 2.29. The molecule has 3 heteroatoms. The van der Waals surface area contributed by atoms with Gasteiger partial charge in [-0.3, -0.25) is 4.90 Å². The number of hydrogen-bond acceptors (Lipinski definition) is 3. The van der Waals surface area contributed by atoms with Crippen LogP contribution in [-0.4, -0.2) is 55.1 Å². The molecule has 0 aromatic carbocycles. The summed E-state index contributed by atoms with van der Waals surface area (Å²) in [5.41, 5.74) is 6.18. The second-order valence-electron chi connectivity index (χ2n) is 6.76. The Labute approximate surface area is 119 Å². The van der Waals surface area contributed by atoms with Crippen LogP contribution in [0.1, 0.15) is 51.9 Å². The molecule has 0 aromatic rings. The van der Waals surface area contributed by atoms with Gasteiger partial charge in [0.15, 0.2) is 0 Å². The molecule has 2 atom stereocenters. The zero-order valence-electron chi connectivity index (χ0n) is 13.0. The first-order valence-corrected chi connectivity index (χ1v) is 8.36. The predicted octanol–water partition coefficient (Wildman–Crippen LogP) is 2.31. The fraction of sp³-hybridized carbons (Fsp3) is 1.00. The predicted molar refractivity (Wildman–Crippen MR) is 82.3 cm³/mol. The summed E-state index contributed by atoms with van der Waals surface area (Å²) >= 11 is 0. The van der Waals surface area contributed by atoms with Gasteiger partial charge < -0.3 is 10.6 Å². The molecule has 2 aliphatic rings. The quantitative estimate of drug-likeness (QED) is 0.797. The maximum Gasteiger partial charge on any atom is 0.0249 e. The van der Waals surface area contributed by atoms with Crippen molar-refractivity contribution in [2.75, 3.05) is 33.2 Å². The Morgan fingerprint density at radius 3 is 2.37 bits per heavy atom. The van der Waals surface area contributed by atoms with E-state index < -0.39 is 0 Å². The van der Waals surface area contributed by atoms with Crippen molar-refractivity contribution in [2.45, 2.75) is 64.0 Å². The molecule has 0 radical (unpaired) electrons. The van der Waals surface area contributed by atoms with E-state index in [2.05, 4.69) is 23.8 Å². The molecular weight excluding hydrogens is 234 g/mol. The molecule has 2 rings (SSSR count). The standard InChI is InChI=1S/C16H33N3/c1-14-13-18(2)10-7-11-19(14)16(12-17)15-8-5-3-4-6-9-15/h14-16H,3-13,17H2,1-2H3. The first kappa shape index (κ1) is 15.3. The Morgan fingerprint density at radius 2 is 1.74 bits per heavy atom. The molecule has 19 heavy (non-hydrogen) atoms. The van der Waals surface area contributed by atoms with E-state index >= 15 is 0 Å². The minimum Gasteiger partial charge on any atom is -0.329 e. The molecule has 1 saturated heterocycles. The largest absolute Gasteiger partial charge is 0.329 e. The van der Waals surface area contributed by atoms with Crippen LogP contribution in [0.2, 0.25) is 0 Å². The summed E-state index contributed by atoms with van der Waals surface area (Å²) in [6, 6.07) is 1.28. The van der Waals surface area contributed by atoms with Gasteiger partial charge in [-0.2, -0.15) is 0 Å². The fourth-order valence-corrected chi connectivity index (χ4v) is 4.18. The summed E-state index contributed by atoms with van der Waals surface area (Å²) < 4.78 is 0. The lowest BCUT2D eigenvalue weighted by Gasteiger charge is -2.39. The fourth-order valence-electron chi connectivity index (χ4n) is 4.18. The molecule has 2 fully saturated rings. The first-order valence-electron chi connectivity index (χ1n) is 8.36. The van der Waals surface area contributed by atoms with E-state index in [1.54, 1.807) is 0 Å². The molecule has 1 heterocycles. The highest BCUT2D eigenvalue weighted by Gasteiger charge is 2.31. The lowest BCUT2D eigenvalue weighted by Crippen LogP contribution is -2.51. The number of nitrogens with two attached hydrogens (primary N) is 1. The third-order valence-corrected chi connectivity index (χ3v) is 5.21. The van der Waals surface area contributed by atoms with Gasteiger partial charge in [0.25, 0.3) is 0 Å². The highest BCUT2D eigenvalue weighted by atomic mass is 15.3. The summed E-state index contributed by atoms with van der Waals surface area (Å²) in [5, 5.41) is 0. The van der Waals surface area contributed by atoms with Gasteiger partial charge >= 0.3 is 0 Å². The Bertz CT molecular complexity index is 248. The molecule has 0 bridgehead atoms. The van der Waals surface area contributed by atoms with E-state index in [1.807, 2.05) is 0 Å². The number of rotatable bonds is 3. The third-order valence-electron chi connectivity index (χ3n) is 5.21. The molecule has 1 aliphatic heterocycles. The van der Waals surface area contributed by atoms with Crippen molar-refractivity contribution in [2.24, 2.45) is 11.7 Å². The number of hydrogen-bond donors (Lipinski definition) is 1. The third kappa shape index (κ3) is 4.17. The second kappa shape index (κ2) is 7.61. The lowest BCUT2D eigenvalue weighted by atomic mass is 9.89. The number of likely N-dealkylation sites (N-methyl/N-ethyl adjacent to an activating group) is 1. The van der Waals surface area contributed by atoms with E-state index in [0.717, 1.165) is 12.5 Å². The Hall–Kier alpha value is -0.120. The zero-order valence-corrected chi connectivity index (χ0v) is 13.0. The smallest absolute Gasteiger partial charge is 0.0249 e. The van der Waals surface area contributed by atoms with Gasteiger partial charge in [0.2, 0.25) is 0 Å². The van der Waals surface area contributed by atoms with Crippen molar-refractivity contribution in [3.63, 3.8) is 0 Å². The van der Waals surface area contributed by atoms with Gasteiger partial charge in [-0.15, -0.1) is 0 Å². The van der Waals surface area contributed by atoms with Crippen molar-refractivity contribution >= 4 is 0 Å². The van der Waals surface area contributed by atoms with Crippen molar-refractivity contribution < 1.29 is 0 Å². The van der Waals surface area contributed by atoms with Crippen LogP contribution >= 0.6 is 0 Å².